The Kier molecular flexibility index (Phi) is 9.31. The standard InChI is InChI=1S/C37H38FN7O5/c1-48-36(46)29-20-24(38)21-30(31(29)37(47)49-2)44-18-16-43(17-19-44)25-10-12-26(13-11-25)45-35-32(34(39)40-22-41-35)33(42-45)23-8-14-28(15-9-23)50-27-6-4-3-5-7-27/h3-9,14-15,20-22,25-26H,10-13,16-19H2,1-2H3,(H2,39,40,41). The van der Waals surface area contributed by atoms with Gasteiger partial charge in [0, 0.05) is 37.8 Å². The molecule has 0 amide bonds. The van der Waals surface area contributed by atoms with E-state index < -0.39 is 17.8 Å². The van der Waals surface area contributed by atoms with Gasteiger partial charge in [0.2, 0.25) is 0 Å². The Labute approximate surface area is 288 Å². The van der Waals surface area contributed by atoms with Crippen LogP contribution in [-0.4, -0.2) is 83.0 Å². The Morgan fingerprint density at radius 3 is 2.16 bits per heavy atom. The lowest BCUT2D eigenvalue weighted by Crippen LogP contribution is -2.51. The van der Waals surface area contributed by atoms with Gasteiger partial charge in [0.05, 0.1) is 42.5 Å². The first-order valence-electron chi connectivity index (χ1n) is 16.7. The SMILES string of the molecule is COC(=O)c1cc(F)cc(N2CCN(C3CCC(n4nc(-c5ccc(Oc6ccccc6)cc5)c5c(N)ncnc54)CC3)CC2)c1C(=O)OC. The van der Waals surface area contributed by atoms with Crippen molar-refractivity contribution in [2.45, 2.75) is 37.8 Å². The lowest BCUT2D eigenvalue weighted by molar-refractivity contribution is 0.0555. The number of ether oxygens (including phenoxy) is 3. The summed E-state index contributed by atoms with van der Waals surface area (Å²) in [6.07, 6.45) is 5.24. The average molecular weight is 680 g/mol. The lowest BCUT2D eigenvalue weighted by atomic mass is 9.89. The third-order valence-electron chi connectivity index (χ3n) is 9.69. The normalized spacial score (nSPS) is 18.2. The highest BCUT2D eigenvalue weighted by Crippen LogP contribution is 2.38. The molecule has 2 aliphatic rings. The molecule has 50 heavy (non-hydrogen) atoms. The number of hydrogen-bond acceptors (Lipinski definition) is 11. The molecule has 258 valence electrons. The smallest absolute Gasteiger partial charge is 0.340 e. The van der Waals surface area contributed by atoms with Crippen molar-refractivity contribution >= 4 is 34.5 Å². The van der Waals surface area contributed by atoms with Crippen LogP contribution in [0.1, 0.15) is 52.4 Å². The van der Waals surface area contributed by atoms with Crippen molar-refractivity contribution in [3.05, 3.63) is 90.0 Å². The second kappa shape index (κ2) is 14.1. The van der Waals surface area contributed by atoms with Crippen molar-refractivity contribution < 1.29 is 28.2 Å². The summed E-state index contributed by atoms with van der Waals surface area (Å²) in [5.74, 6) is -0.254. The van der Waals surface area contributed by atoms with E-state index in [0.717, 1.165) is 78.6 Å². The fourth-order valence-corrected chi connectivity index (χ4v) is 7.18. The molecule has 0 atom stereocenters. The summed E-state index contributed by atoms with van der Waals surface area (Å²) in [4.78, 5) is 38.4. The van der Waals surface area contributed by atoms with E-state index in [9.17, 15) is 14.0 Å². The number of halogens is 1. The predicted molar refractivity (Wildman–Crippen MR) is 186 cm³/mol. The van der Waals surface area contributed by atoms with Crippen molar-refractivity contribution in [3.8, 4) is 22.8 Å². The van der Waals surface area contributed by atoms with Crippen molar-refractivity contribution in [1.29, 1.82) is 0 Å². The molecule has 1 aliphatic carbocycles. The van der Waals surface area contributed by atoms with E-state index >= 15 is 0 Å². The van der Waals surface area contributed by atoms with Crippen LogP contribution in [-0.2, 0) is 9.47 Å². The number of rotatable bonds is 8. The molecule has 0 spiro atoms. The van der Waals surface area contributed by atoms with Crippen LogP contribution in [0.4, 0.5) is 15.9 Å². The molecule has 3 aromatic carbocycles. The molecule has 1 saturated heterocycles. The van der Waals surface area contributed by atoms with Crippen molar-refractivity contribution in [2.75, 3.05) is 51.0 Å². The van der Waals surface area contributed by atoms with Gasteiger partial charge in [-0.1, -0.05) is 18.2 Å². The molecule has 12 nitrogen and oxygen atoms in total. The molecular weight excluding hydrogens is 641 g/mol. The first-order valence-corrected chi connectivity index (χ1v) is 16.7. The molecule has 0 radical (unpaired) electrons. The molecule has 3 heterocycles. The van der Waals surface area contributed by atoms with Crippen LogP contribution in [0.2, 0.25) is 0 Å². The van der Waals surface area contributed by atoms with Crippen LogP contribution in [0.3, 0.4) is 0 Å². The number of aromatic nitrogens is 4. The van der Waals surface area contributed by atoms with Crippen molar-refractivity contribution in [3.63, 3.8) is 0 Å². The monoisotopic (exact) mass is 679 g/mol. The van der Waals surface area contributed by atoms with E-state index in [1.54, 1.807) is 0 Å². The number of para-hydroxylation sites is 1. The summed E-state index contributed by atoms with van der Waals surface area (Å²) in [7, 11) is 2.43. The van der Waals surface area contributed by atoms with E-state index in [2.05, 4.69) is 14.9 Å². The van der Waals surface area contributed by atoms with Gasteiger partial charge in [0.15, 0.2) is 5.65 Å². The van der Waals surface area contributed by atoms with Gasteiger partial charge in [0.25, 0.3) is 0 Å². The summed E-state index contributed by atoms with van der Waals surface area (Å²) >= 11 is 0. The van der Waals surface area contributed by atoms with Crippen LogP contribution in [0.15, 0.2) is 73.1 Å². The molecule has 2 N–H and O–H groups in total. The Morgan fingerprint density at radius 2 is 1.48 bits per heavy atom. The van der Waals surface area contributed by atoms with Gasteiger partial charge in [-0.2, -0.15) is 5.10 Å². The summed E-state index contributed by atoms with van der Waals surface area (Å²) < 4.78 is 32.4. The number of nitrogens with zero attached hydrogens (tertiary/aromatic N) is 6. The minimum atomic E-state index is -0.792. The second-order valence-electron chi connectivity index (χ2n) is 12.5. The number of hydrogen-bond donors (Lipinski definition) is 1. The topological polar surface area (TPSA) is 138 Å². The van der Waals surface area contributed by atoms with Crippen molar-refractivity contribution in [1.82, 2.24) is 24.6 Å². The minimum Gasteiger partial charge on any atom is -0.465 e. The molecule has 0 bridgehead atoms. The molecule has 7 rings (SSSR count). The summed E-state index contributed by atoms with van der Waals surface area (Å²) in [5, 5.41) is 5.81. The highest BCUT2D eigenvalue weighted by atomic mass is 19.1. The maximum absolute atomic E-state index is 14.7. The van der Waals surface area contributed by atoms with E-state index in [1.165, 1.54) is 26.6 Å². The fourth-order valence-electron chi connectivity index (χ4n) is 7.18. The summed E-state index contributed by atoms with van der Waals surface area (Å²) in [5.41, 5.74) is 8.96. The Hall–Kier alpha value is -5.56. The maximum Gasteiger partial charge on any atom is 0.340 e. The number of esters is 2. The number of nitrogen functional groups attached to an aromatic ring is 1. The molecule has 5 aromatic rings. The van der Waals surface area contributed by atoms with E-state index in [0.29, 0.717) is 30.6 Å². The van der Waals surface area contributed by atoms with E-state index in [-0.39, 0.29) is 17.2 Å². The van der Waals surface area contributed by atoms with Gasteiger partial charge in [-0.15, -0.1) is 0 Å². The number of benzene rings is 3. The number of nitrogens with two attached hydrogens (primary N) is 1. The first-order chi connectivity index (χ1) is 24.3. The zero-order chi connectivity index (χ0) is 34.8. The van der Waals surface area contributed by atoms with Gasteiger partial charge in [-0.3, -0.25) is 4.90 Å². The average Bonchev–Trinajstić information content (AvgIpc) is 3.55. The fraction of sp³-hybridized carbons (Fsp3) is 0.324. The zero-order valence-corrected chi connectivity index (χ0v) is 27.9. The van der Waals surface area contributed by atoms with Crippen LogP contribution in [0.5, 0.6) is 11.5 Å². The maximum atomic E-state index is 14.7. The Morgan fingerprint density at radius 1 is 0.820 bits per heavy atom. The number of fused-ring (bicyclic) bond motifs is 1. The molecule has 2 fully saturated rings. The summed E-state index contributed by atoms with van der Waals surface area (Å²) in [6, 6.07) is 20.2. The predicted octanol–water partition coefficient (Wildman–Crippen LogP) is 5.89. The largest absolute Gasteiger partial charge is 0.465 e. The number of methoxy groups -OCH3 is 2. The van der Waals surface area contributed by atoms with Crippen LogP contribution in [0.25, 0.3) is 22.3 Å². The number of anilines is 2. The third-order valence-corrected chi connectivity index (χ3v) is 9.69. The van der Waals surface area contributed by atoms with Crippen molar-refractivity contribution in [2.24, 2.45) is 0 Å². The number of carbonyl (C=O) groups is 2. The molecule has 0 unspecified atom stereocenters. The molecule has 13 heteroatoms. The highest BCUT2D eigenvalue weighted by molar-refractivity contribution is 6.07. The van der Waals surface area contributed by atoms with Crippen LogP contribution >= 0.6 is 0 Å². The molecular formula is C37H38FN7O5. The van der Waals surface area contributed by atoms with Gasteiger partial charge in [0.1, 0.15) is 35.2 Å². The van der Waals surface area contributed by atoms with Crippen LogP contribution in [0, 0.1) is 5.82 Å². The first kappa shape index (κ1) is 33.0. The van der Waals surface area contributed by atoms with Gasteiger partial charge in [-0.05, 0) is 74.2 Å². The quantitative estimate of drug-likeness (QED) is 0.197. The van der Waals surface area contributed by atoms with Gasteiger partial charge in [-0.25, -0.2) is 28.6 Å². The summed E-state index contributed by atoms with van der Waals surface area (Å²) in [6.45, 7) is 2.57. The van der Waals surface area contributed by atoms with Gasteiger partial charge < -0.3 is 24.8 Å². The Bertz CT molecular complexity index is 2000. The van der Waals surface area contributed by atoms with Gasteiger partial charge >= 0.3 is 11.9 Å². The minimum absolute atomic E-state index is 0.0152. The molecule has 2 aromatic heterocycles. The molecule has 1 aliphatic heterocycles. The lowest BCUT2D eigenvalue weighted by Gasteiger charge is -2.43. The number of piperazine rings is 1. The highest BCUT2D eigenvalue weighted by Gasteiger charge is 2.33. The zero-order valence-electron chi connectivity index (χ0n) is 27.9. The second-order valence-corrected chi connectivity index (χ2v) is 12.5. The van der Waals surface area contributed by atoms with Crippen LogP contribution < -0.4 is 15.4 Å². The van der Waals surface area contributed by atoms with E-state index in [4.69, 9.17) is 25.0 Å². The Balaban J connectivity index is 1.04. The number of carbonyl (C=O) groups excluding carboxylic acids is 2. The third kappa shape index (κ3) is 6.43. The molecule has 1 saturated carbocycles. The van der Waals surface area contributed by atoms with E-state index in [1.807, 2.05) is 64.2 Å².